The monoisotopic (exact) mass is 566 g/mol. The molecule has 1 saturated carbocycles. The minimum Gasteiger partial charge on any atom is -0.407 e. The molecule has 0 bridgehead atoms. The molecule has 3 fully saturated rings. The van der Waals surface area contributed by atoms with Crippen LogP contribution in [0, 0.1) is 11.8 Å². The van der Waals surface area contributed by atoms with Crippen molar-refractivity contribution in [3.63, 3.8) is 0 Å². The predicted molar refractivity (Wildman–Crippen MR) is 162 cm³/mol. The average Bonchev–Trinajstić information content (AvgIpc) is 3.33. The van der Waals surface area contributed by atoms with E-state index >= 15 is 0 Å². The van der Waals surface area contributed by atoms with Crippen LogP contribution in [0.3, 0.4) is 0 Å². The zero-order valence-corrected chi connectivity index (χ0v) is 26.7. The molecular formula is C34H50O5Si. The highest BCUT2D eigenvalue weighted by Gasteiger charge is 2.54. The first-order valence-electron chi connectivity index (χ1n) is 15.4. The van der Waals surface area contributed by atoms with Gasteiger partial charge in [0.25, 0.3) is 8.32 Å². The minimum absolute atomic E-state index is 0.0292. The van der Waals surface area contributed by atoms with Gasteiger partial charge < -0.3 is 23.4 Å². The second-order valence-corrected chi connectivity index (χ2v) is 18.1. The fraction of sp³-hybridized carbons (Fsp3) is 0.647. The molecule has 1 aliphatic carbocycles. The van der Waals surface area contributed by atoms with Gasteiger partial charge in [0.05, 0.1) is 18.8 Å². The van der Waals surface area contributed by atoms with Crippen LogP contribution in [0.4, 0.5) is 0 Å². The Balaban J connectivity index is 1.38. The van der Waals surface area contributed by atoms with Gasteiger partial charge in [-0.05, 0) is 42.1 Å². The van der Waals surface area contributed by atoms with Crippen LogP contribution in [0.1, 0.15) is 80.6 Å². The number of ether oxygens (including phenoxy) is 4. The van der Waals surface area contributed by atoms with E-state index in [-0.39, 0.29) is 35.2 Å². The molecule has 40 heavy (non-hydrogen) atoms. The van der Waals surface area contributed by atoms with E-state index in [0.29, 0.717) is 13.2 Å². The summed E-state index contributed by atoms with van der Waals surface area (Å²) in [7, 11) is -2.63. The maximum atomic E-state index is 7.31. The summed E-state index contributed by atoms with van der Waals surface area (Å²) in [5.41, 5.74) is 0. The number of rotatable bonds is 7. The third kappa shape index (κ3) is 5.86. The molecule has 0 unspecified atom stereocenters. The van der Waals surface area contributed by atoms with Gasteiger partial charge in [0.2, 0.25) is 0 Å². The van der Waals surface area contributed by atoms with Crippen LogP contribution in [0.5, 0.6) is 0 Å². The van der Waals surface area contributed by atoms with Gasteiger partial charge in [0.1, 0.15) is 6.10 Å². The molecule has 2 aromatic rings. The van der Waals surface area contributed by atoms with E-state index in [1.165, 1.54) is 29.6 Å². The molecule has 0 aromatic heterocycles. The van der Waals surface area contributed by atoms with Gasteiger partial charge in [-0.15, -0.1) is 0 Å². The highest BCUT2D eigenvalue weighted by atomic mass is 28.4. The molecule has 220 valence electrons. The molecule has 0 radical (unpaired) electrons. The van der Waals surface area contributed by atoms with Crippen LogP contribution in [-0.2, 0) is 23.4 Å². The zero-order chi connectivity index (χ0) is 28.6. The smallest absolute Gasteiger partial charge is 0.261 e. The van der Waals surface area contributed by atoms with Gasteiger partial charge in [-0.1, -0.05) is 102 Å². The maximum absolute atomic E-state index is 7.31. The highest BCUT2D eigenvalue weighted by molar-refractivity contribution is 6.99. The molecule has 3 aliphatic rings. The molecule has 1 spiro atoms. The van der Waals surface area contributed by atoms with Crippen LogP contribution in [0.25, 0.3) is 0 Å². The Morgan fingerprint density at radius 3 is 2.00 bits per heavy atom. The molecule has 2 aromatic carbocycles. The third-order valence-corrected chi connectivity index (χ3v) is 14.3. The van der Waals surface area contributed by atoms with E-state index in [1.54, 1.807) is 0 Å². The second kappa shape index (κ2) is 11.6. The van der Waals surface area contributed by atoms with Crippen LogP contribution >= 0.6 is 0 Å². The summed E-state index contributed by atoms with van der Waals surface area (Å²) in [6.45, 7) is 16.8. The first-order chi connectivity index (χ1) is 19.0. The van der Waals surface area contributed by atoms with Crippen molar-refractivity contribution in [3.05, 3.63) is 60.7 Å². The van der Waals surface area contributed by atoms with Crippen molar-refractivity contribution in [3.8, 4) is 0 Å². The Morgan fingerprint density at radius 1 is 0.875 bits per heavy atom. The van der Waals surface area contributed by atoms with Crippen LogP contribution in [0.15, 0.2) is 60.7 Å². The first-order valence-corrected chi connectivity index (χ1v) is 17.3. The molecule has 2 saturated heterocycles. The number of benzene rings is 2. The molecule has 2 heterocycles. The van der Waals surface area contributed by atoms with E-state index in [1.807, 2.05) is 13.8 Å². The predicted octanol–water partition coefficient (Wildman–Crippen LogP) is 6.43. The van der Waals surface area contributed by atoms with E-state index in [2.05, 4.69) is 95.3 Å². The van der Waals surface area contributed by atoms with Gasteiger partial charge in [0.15, 0.2) is 11.6 Å². The first kappa shape index (κ1) is 29.9. The van der Waals surface area contributed by atoms with Crippen molar-refractivity contribution < 1.29 is 23.4 Å². The molecule has 0 N–H and O–H groups in total. The topological polar surface area (TPSA) is 46.2 Å². The van der Waals surface area contributed by atoms with Gasteiger partial charge in [0, 0.05) is 31.3 Å². The Kier molecular flexibility index (Phi) is 8.69. The van der Waals surface area contributed by atoms with Gasteiger partial charge in [-0.2, -0.15) is 0 Å². The van der Waals surface area contributed by atoms with E-state index < -0.39 is 19.9 Å². The lowest BCUT2D eigenvalue weighted by atomic mass is 9.85. The van der Waals surface area contributed by atoms with Crippen molar-refractivity contribution in [2.75, 3.05) is 13.2 Å². The lowest BCUT2D eigenvalue weighted by molar-refractivity contribution is -0.343. The summed E-state index contributed by atoms with van der Waals surface area (Å²) in [5, 5.41) is 2.53. The molecule has 0 amide bonds. The SMILES string of the molecule is C[C@@H]1[C@H]([C@@H](C)CO[Si](c2ccccc2)(c2ccccc2)C(C)(C)C)OC(C)(C)O[C@@H]1[C@@H]1COC2(CCCCC2)O1. The Bertz CT molecular complexity index is 1050. The summed E-state index contributed by atoms with van der Waals surface area (Å²) < 4.78 is 33.5. The van der Waals surface area contributed by atoms with Gasteiger partial charge >= 0.3 is 0 Å². The van der Waals surface area contributed by atoms with Gasteiger partial charge in [-0.3, -0.25) is 0 Å². The zero-order valence-electron chi connectivity index (χ0n) is 25.7. The summed E-state index contributed by atoms with van der Waals surface area (Å²) in [6.07, 6.45) is 5.37. The standard InChI is InChI=1S/C34H50O5Si/c1-25(23-36-40(32(3,4)5,27-17-11-8-12-18-27)28-19-13-9-14-20-28)30-26(2)31(39-33(6,7)38-30)29-24-35-34(37-29)21-15-10-16-22-34/h8-9,11-14,17-20,25-26,29-31H,10,15-16,21-24H2,1-7H3/t25-,26+,29-,30-,31-/m0/s1. The fourth-order valence-electron chi connectivity index (χ4n) is 7.34. The fourth-order valence-corrected chi connectivity index (χ4v) is 12.0. The average molecular weight is 567 g/mol. The maximum Gasteiger partial charge on any atom is 0.261 e. The van der Waals surface area contributed by atoms with E-state index in [4.69, 9.17) is 23.4 Å². The van der Waals surface area contributed by atoms with Crippen molar-refractivity contribution in [1.29, 1.82) is 0 Å². The quantitative estimate of drug-likeness (QED) is 0.362. The minimum atomic E-state index is -2.63. The lowest BCUT2D eigenvalue weighted by Gasteiger charge is -2.49. The van der Waals surface area contributed by atoms with Gasteiger partial charge in [-0.25, -0.2) is 0 Å². The molecule has 5 nitrogen and oxygen atoms in total. The Morgan fingerprint density at radius 2 is 1.45 bits per heavy atom. The molecule has 5 rings (SSSR count). The van der Waals surface area contributed by atoms with E-state index in [0.717, 1.165) is 12.8 Å². The van der Waals surface area contributed by atoms with Crippen molar-refractivity contribution in [1.82, 2.24) is 0 Å². The number of hydrogen-bond donors (Lipinski definition) is 0. The normalized spacial score (nSPS) is 29.4. The summed E-state index contributed by atoms with van der Waals surface area (Å²) in [5.74, 6) is -0.826. The summed E-state index contributed by atoms with van der Waals surface area (Å²) in [4.78, 5) is 0. The molecule has 5 atom stereocenters. The van der Waals surface area contributed by atoms with Crippen molar-refractivity contribution in [2.24, 2.45) is 11.8 Å². The van der Waals surface area contributed by atoms with Crippen molar-refractivity contribution >= 4 is 18.7 Å². The lowest BCUT2D eigenvalue weighted by Crippen LogP contribution is -2.67. The Labute approximate surface area is 243 Å². The molecule has 2 aliphatic heterocycles. The van der Waals surface area contributed by atoms with Crippen LogP contribution in [-0.4, -0.2) is 51.4 Å². The highest BCUT2D eigenvalue weighted by Crippen LogP contribution is 2.44. The van der Waals surface area contributed by atoms with Crippen LogP contribution < -0.4 is 10.4 Å². The van der Waals surface area contributed by atoms with Crippen LogP contribution in [0.2, 0.25) is 5.04 Å². The number of hydrogen-bond acceptors (Lipinski definition) is 5. The largest absolute Gasteiger partial charge is 0.407 e. The summed E-state index contributed by atoms with van der Waals surface area (Å²) >= 11 is 0. The Hall–Kier alpha value is -1.54. The second-order valence-electron chi connectivity index (χ2n) is 13.8. The molecule has 6 heteroatoms. The molecular weight excluding hydrogens is 516 g/mol. The summed E-state index contributed by atoms with van der Waals surface area (Å²) in [6, 6.07) is 21.7. The third-order valence-electron chi connectivity index (χ3n) is 9.28. The van der Waals surface area contributed by atoms with Crippen molar-refractivity contribution in [2.45, 2.75) is 115 Å². The van der Waals surface area contributed by atoms with E-state index in [9.17, 15) is 0 Å².